The van der Waals surface area contributed by atoms with Crippen LogP contribution in [0, 0.1) is 11.6 Å². The minimum Gasteiger partial charge on any atom is -0.495 e. The van der Waals surface area contributed by atoms with E-state index in [1.807, 2.05) is 0 Å². The maximum absolute atomic E-state index is 14.6. The number of hydrogen-bond acceptors (Lipinski definition) is 4. The van der Waals surface area contributed by atoms with Gasteiger partial charge in [0.1, 0.15) is 22.3 Å². The number of ether oxygens (including phenoxy) is 1. The Balaban J connectivity index is 2.25. The van der Waals surface area contributed by atoms with Crippen LogP contribution in [0.15, 0.2) is 35.2 Å². The number of aromatic nitrogens is 2. The molecule has 0 aliphatic heterocycles. The molecule has 3 aromatic rings. The van der Waals surface area contributed by atoms with E-state index in [2.05, 4.69) is 9.97 Å². The van der Waals surface area contributed by atoms with Crippen molar-refractivity contribution in [3.05, 3.63) is 52.8 Å². The van der Waals surface area contributed by atoms with Gasteiger partial charge in [-0.3, -0.25) is 0 Å². The van der Waals surface area contributed by atoms with E-state index in [-0.39, 0.29) is 22.0 Å². The number of sulfone groups is 1. The van der Waals surface area contributed by atoms with Gasteiger partial charge in [-0.25, -0.2) is 31.0 Å². The SMILES string of the molecule is COc1ccc(-c2[nH]c(C(F)F)nc2-c2cc(F)c(S(C)(=O)=O)cc2F)cc1Cl. The zero-order chi connectivity index (χ0) is 21.5. The van der Waals surface area contributed by atoms with E-state index in [4.69, 9.17) is 16.3 Å². The van der Waals surface area contributed by atoms with Crippen molar-refractivity contribution in [2.45, 2.75) is 11.3 Å². The summed E-state index contributed by atoms with van der Waals surface area (Å²) in [4.78, 5) is 5.22. The number of alkyl halides is 2. The first-order valence-electron chi connectivity index (χ1n) is 7.94. The molecular formula is C18H13ClF4N2O3S. The van der Waals surface area contributed by atoms with Crippen molar-refractivity contribution >= 4 is 21.4 Å². The monoisotopic (exact) mass is 448 g/mol. The molecular weight excluding hydrogens is 436 g/mol. The number of nitrogens with one attached hydrogen (secondary N) is 1. The van der Waals surface area contributed by atoms with Crippen molar-refractivity contribution in [3.8, 4) is 28.3 Å². The van der Waals surface area contributed by atoms with E-state index >= 15 is 0 Å². The van der Waals surface area contributed by atoms with Crippen LogP contribution in [0.1, 0.15) is 12.2 Å². The topological polar surface area (TPSA) is 72.0 Å². The highest BCUT2D eigenvalue weighted by molar-refractivity contribution is 7.90. The highest BCUT2D eigenvalue weighted by atomic mass is 35.5. The average molecular weight is 449 g/mol. The number of imidazole rings is 1. The fourth-order valence-electron chi connectivity index (χ4n) is 2.71. The van der Waals surface area contributed by atoms with Crippen LogP contribution in [0.3, 0.4) is 0 Å². The number of aromatic amines is 1. The second kappa shape index (κ2) is 7.68. The number of halogens is 5. The van der Waals surface area contributed by atoms with Crippen molar-refractivity contribution in [2.24, 2.45) is 0 Å². The van der Waals surface area contributed by atoms with Crippen LogP contribution in [0.5, 0.6) is 5.75 Å². The summed E-state index contributed by atoms with van der Waals surface area (Å²) in [6.45, 7) is 0. The maximum atomic E-state index is 14.6. The largest absolute Gasteiger partial charge is 0.495 e. The molecule has 29 heavy (non-hydrogen) atoms. The Morgan fingerprint density at radius 2 is 1.83 bits per heavy atom. The molecule has 3 rings (SSSR count). The zero-order valence-corrected chi connectivity index (χ0v) is 16.5. The molecule has 154 valence electrons. The quantitative estimate of drug-likeness (QED) is 0.556. The highest BCUT2D eigenvalue weighted by Gasteiger charge is 2.25. The van der Waals surface area contributed by atoms with Gasteiger partial charge in [-0.15, -0.1) is 0 Å². The lowest BCUT2D eigenvalue weighted by atomic mass is 10.0. The lowest BCUT2D eigenvalue weighted by Crippen LogP contribution is -2.03. The Labute approximate surface area is 168 Å². The number of methoxy groups -OCH3 is 1. The summed E-state index contributed by atoms with van der Waals surface area (Å²) in [6.07, 6.45) is -2.29. The average Bonchev–Trinajstić information content (AvgIpc) is 3.07. The minimum absolute atomic E-state index is 0.0461. The molecule has 0 bridgehead atoms. The number of nitrogens with zero attached hydrogens (tertiary/aromatic N) is 1. The normalized spacial score (nSPS) is 11.9. The summed E-state index contributed by atoms with van der Waals surface area (Å²) in [6, 6.07) is 5.41. The Hall–Kier alpha value is -2.59. The molecule has 0 saturated carbocycles. The lowest BCUT2D eigenvalue weighted by molar-refractivity contribution is 0.141. The molecule has 1 aromatic heterocycles. The molecule has 0 fully saturated rings. The third-order valence-electron chi connectivity index (χ3n) is 4.05. The van der Waals surface area contributed by atoms with Gasteiger partial charge in [-0.1, -0.05) is 11.6 Å². The molecule has 0 aliphatic rings. The van der Waals surface area contributed by atoms with Gasteiger partial charge in [-0.2, -0.15) is 0 Å². The zero-order valence-electron chi connectivity index (χ0n) is 14.9. The first-order chi connectivity index (χ1) is 13.5. The molecule has 0 amide bonds. The molecule has 2 aromatic carbocycles. The number of H-pyrrole nitrogens is 1. The maximum Gasteiger partial charge on any atom is 0.295 e. The van der Waals surface area contributed by atoms with Crippen molar-refractivity contribution < 1.29 is 30.7 Å². The van der Waals surface area contributed by atoms with Crippen LogP contribution in [0.4, 0.5) is 17.6 Å². The molecule has 0 unspecified atom stereocenters. The van der Waals surface area contributed by atoms with Gasteiger partial charge in [0.2, 0.25) is 0 Å². The summed E-state index contributed by atoms with van der Waals surface area (Å²) in [5.74, 6) is -2.82. The summed E-state index contributed by atoms with van der Waals surface area (Å²) >= 11 is 6.07. The molecule has 1 heterocycles. The fourth-order valence-corrected chi connectivity index (χ4v) is 3.70. The Bertz CT molecular complexity index is 1200. The van der Waals surface area contributed by atoms with E-state index in [0.29, 0.717) is 17.9 Å². The predicted molar refractivity (Wildman–Crippen MR) is 99.0 cm³/mol. The number of benzene rings is 2. The van der Waals surface area contributed by atoms with E-state index in [1.165, 1.54) is 25.3 Å². The summed E-state index contributed by atoms with van der Waals surface area (Å²) in [5, 5.41) is 0.156. The highest BCUT2D eigenvalue weighted by Crippen LogP contribution is 2.37. The molecule has 0 radical (unpaired) electrons. The van der Waals surface area contributed by atoms with Crippen LogP contribution < -0.4 is 4.74 Å². The van der Waals surface area contributed by atoms with Gasteiger partial charge in [0, 0.05) is 17.4 Å². The van der Waals surface area contributed by atoms with E-state index in [1.54, 1.807) is 0 Å². The van der Waals surface area contributed by atoms with Gasteiger partial charge < -0.3 is 9.72 Å². The van der Waals surface area contributed by atoms with Gasteiger partial charge in [0.25, 0.3) is 6.43 Å². The second-order valence-electron chi connectivity index (χ2n) is 6.03. The van der Waals surface area contributed by atoms with E-state index < -0.39 is 44.2 Å². The Morgan fingerprint density at radius 1 is 1.14 bits per heavy atom. The smallest absolute Gasteiger partial charge is 0.295 e. The summed E-state index contributed by atoms with van der Waals surface area (Å²) in [7, 11) is -2.65. The number of rotatable bonds is 5. The molecule has 1 N–H and O–H groups in total. The first kappa shape index (κ1) is 21.1. The van der Waals surface area contributed by atoms with Crippen LogP contribution in [-0.4, -0.2) is 31.8 Å². The van der Waals surface area contributed by atoms with Crippen molar-refractivity contribution in [2.75, 3.05) is 13.4 Å². The predicted octanol–water partition coefficient (Wildman–Crippen LogP) is 5.03. The van der Waals surface area contributed by atoms with Crippen LogP contribution in [0.2, 0.25) is 5.02 Å². The molecule has 0 saturated heterocycles. The molecule has 0 atom stereocenters. The molecule has 0 spiro atoms. The molecule has 5 nitrogen and oxygen atoms in total. The number of hydrogen-bond donors (Lipinski definition) is 1. The van der Waals surface area contributed by atoms with Gasteiger partial charge in [0.15, 0.2) is 15.7 Å². The minimum atomic E-state index is -4.03. The van der Waals surface area contributed by atoms with Crippen LogP contribution >= 0.6 is 11.6 Å². The Kier molecular flexibility index (Phi) is 5.59. The summed E-state index contributed by atoms with van der Waals surface area (Å²) < 4.78 is 83.5. The first-order valence-corrected chi connectivity index (χ1v) is 10.2. The van der Waals surface area contributed by atoms with Crippen molar-refractivity contribution in [1.82, 2.24) is 9.97 Å². The van der Waals surface area contributed by atoms with Gasteiger partial charge in [0.05, 0.1) is 23.5 Å². The van der Waals surface area contributed by atoms with Gasteiger partial charge >= 0.3 is 0 Å². The van der Waals surface area contributed by atoms with E-state index in [0.717, 1.165) is 6.26 Å². The molecule has 11 heteroatoms. The second-order valence-corrected chi connectivity index (χ2v) is 8.42. The summed E-state index contributed by atoms with van der Waals surface area (Å²) in [5.41, 5.74) is -0.592. The Morgan fingerprint density at radius 3 is 2.38 bits per heavy atom. The molecule has 0 aliphatic carbocycles. The fraction of sp³-hybridized carbons (Fsp3) is 0.167. The lowest BCUT2D eigenvalue weighted by Gasteiger charge is -2.09. The van der Waals surface area contributed by atoms with E-state index in [9.17, 15) is 26.0 Å². The standard InChI is InChI=1S/C18H13ClF4N2O3S/c1-28-13-4-3-8(5-10(13)19)15-16(25-18(24-15)17(22)23)9-6-12(21)14(7-11(9)20)29(2,26)27/h3-7,17H,1-2H3,(H,24,25). The van der Waals surface area contributed by atoms with Crippen molar-refractivity contribution in [3.63, 3.8) is 0 Å². The third kappa shape index (κ3) is 4.08. The third-order valence-corrected chi connectivity index (χ3v) is 5.45. The van der Waals surface area contributed by atoms with Crippen molar-refractivity contribution in [1.29, 1.82) is 0 Å². The van der Waals surface area contributed by atoms with Gasteiger partial charge in [-0.05, 0) is 30.3 Å². The van der Waals surface area contributed by atoms with Crippen LogP contribution in [-0.2, 0) is 9.84 Å². The van der Waals surface area contributed by atoms with Crippen LogP contribution in [0.25, 0.3) is 22.5 Å².